The number of aromatic amines is 1. The molecule has 1 amide bonds. The van der Waals surface area contributed by atoms with Crippen molar-refractivity contribution in [2.24, 2.45) is 7.05 Å². The average molecular weight is 603 g/mol. The third kappa shape index (κ3) is 4.73. The number of hydrogen-bond acceptors (Lipinski definition) is 4. The number of carbonyl (C=O) groups is 1. The molecule has 8 heteroatoms. The maximum atomic E-state index is 13.8. The molecule has 8 nitrogen and oxygen atoms in total. The molecule has 3 atom stereocenters. The molecule has 0 spiro atoms. The Labute approximate surface area is 263 Å². The molecule has 0 radical (unpaired) electrons. The fourth-order valence-electron chi connectivity index (χ4n) is 9.00. The lowest BCUT2D eigenvalue weighted by Crippen LogP contribution is -2.49. The van der Waals surface area contributed by atoms with E-state index in [4.69, 9.17) is 4.98 Å². The predicted molar refractivity (Wildman–Crippen MR) is 178 cm³/mol. The summed E-state index contributed by atoms with van der Waals surface area (Å²) in [6.45, 7) is 4.68. The second kappa shape index (κ2) is 11.0. The van der Waals surface area contributed by atoms with Crippen molar-refractivity contribution >= 4 is 28.0 Å². The van der Waals surface area contributed by atoms with Gasteiger partial charge in [0.25, 0.3) is 5.91 Å². The Hall–Kier alpha value is -4.17. The number of imidazole rings is 2. The van der Waals surface area contributed by atoms with Gasteiger partial charge in [-0.2, -0.15) is 0 Å². The summed E-state index contributed by atoms with van der Waals surface area (Å²) in [5.74, 6) is 1.14. The predicted octanol–water partition coefficient (Wildman–Crippen LogP) is 5.96. The summed E-state index contributed by atoms with van der Waals surface area (Å²) in [5, 5.41) is 0. The molecule has 0 saturated carbocycles. The van der Waals surface area contributed by atoms with Crippen molar-refractivity contribution in [1.82, 2.24) is 28.9 Å². The van der Waals surface area contributed by atoms with Crippen molar-refractivity contribution in [2.75, 3.05) is 19.6 Å². The van der Waals surface area contributed by atoms with E-state index in [9.17, 15) is 9.59 Å². The molecule has 8 rings (SSSR count). The van der Waals surface area contributed by atoms with E-state index in [1.165, 1.54) is 36.8 Å². The molecule has 1 N–H and O–H groups in total. The molecule has 3 aliphatic heterocycles. The van der Waals surface area contributed by atoms with E-state index < -0.39 is 0 Å². The average Bonchev–Trinajstić information content (AvgIpc) is 3.65. The maximum absolute atomic E-state index is 13.8. The molecule has 0 unspecified atom stereocenters. The van der Waals surface area contributed by atoms with Gasteiger partial charge in [0, 0.05) is 38.3 Å². The van der Waals surface area contributed by atoms with Gasteiger partial charge >= 0.3 is 5.69 Å². The molecule has 3 fully saturated rings. The van der Waals surface area contributed by atoms with E-state index in [0.29, 0.717) is 42.3 Å². The van der Waals surface area contributed by atoms with Gasteiger partial charge in [-0.3, -0.25) is 14.3 Å². The minimum absolute atomic E-state index is 0.00606. The molecule has 232 valence electrons. The van der Waals surface area contributed by atoms with Gasteiger partial charge in [-0.25, -0.2) is 9.78 Å². The molecular weight excluding hydrogens is 560 g/mol. The lowest BCUT2D eigenvalue weighted by Gasteiger charge is -2.45. The minimum Gasteiger partial charge on any atom is -0.339 e. The first kappa shape index (κ1) is 28.3. The number of rotatable bonds is 6. The molecular formula is C37H42N6O2. The largest absolute Gasteiger partial charge is 0.339 e. The van der Waals surface area contributed by atoms with Gasteiger partial charge in [-0.15, -0.1) is 0 Å². The Morgan fingerprint density at radius 1 is 0.889 bits per heavy atom. The highest BCUT2D eigenvalue weighted by Crippen LogP contribution is 2.45. The molecule has 3 aromatic carbocycles. The summed E-state index contributed by atoms with van der Waals surface area (Å²) in [7, 11) is 1.74. The number of H-pyrrole nitrogens is 1. The number of amides is 1. The molecule has 45 heavy (non-hydrogen) atoms. The normalized spacial score (nSPS) is 23.2. The molecule has 3 saturated heterocycles. The Morgan fingerprint density at radius 3 is 2.33 bits per heavy atom. The van der Waals surface area contributed by atoms with E-state index in [0.717, 1.165) is 42.7 Å². The van der Waals surface area contributed by atoms with Crippen molar-refractivity contribution < 1.29 is 4.79 Å². The standard InChI is InChI=1S/C37H42N6O2/c1-25-38-31-12-6-7-13-32(31)43(25)29-23-27-15-16-28(24-29)42(27)22-19-37(26-9-4-3-5-10-26)17-20-41(21-18-37)35(44)30-11-8-14-33-34(30)39-36(45)40(33)2/h3-14,27-29H,15-24H2,1-2H3,(H,39,45)/t27-,28+,29+. The number of aryl methyl sites for hydroxylation is 2. The number of carbonyl (C=O) groups excluding carboxylic acids is 1. The first-order valence-electron chi connectivity index (χ1n) is 16.6. The number of nitrogens with zero attached hydrogens (tertiary/aromatic N) is 5. The van der Waals surface area contributed by atoms with Crippen LogP contribution in [0.3, 0.4) is 0 Å². The SMILES string of the molecule is Cc1nc2ccccc2n1[C@H]1C[C@H]2CC[C@@H](C1)N2CCC1(c2ccccc2)CCN(C(=O)c2cccc3c2[nH]c(=O)n3C)CC1. The quantitative estimate of drug-likeness (QED) is 0.260. The molecule has 3 aliphatic rings. The van der Waals surface area contributed by atoms with Crippen LogP contribution in [-0.2, 0) is 12.5 Å². The van der Waals surface area contributed by atoms with Crippen LogP contribution >= 0.6 is 0 Å². The van der Waals surface area contributed by atoms with Crippen LogP contribution in [0.15, 0.2) is 77.6 Å². The van der Waals surface area contributed by atoms with E-state index in [1.54, 1.807) is 11.6 Å². The topological polar surface area (TPSA) is 79.2 Å². The molecule has 5 heterocycles. The number of aromatic nitrogens is 4. The van der Waals surface area contributed by atoms with Crippen LogP contribution < -0.4 is 5.69 Å². The Kier molecular flexibility index (Phi) is 6.93. The molecule has 5 aromatic rings. The molecule has 0 aliphatic carbocycles. The van der Waals surface area contributed by atoms with Crippen LogP contribution in [0.4, 0.5) is 0 Å². The second-order valence-corrected chi connectivity index (χ2v) is 13.6. The summed E-state index contributed by atoms with van der Waals surface area (Å²) in [6, 6.07) is 26.9. The zero-order valence-electron chi connectivity index (χ0n) is 26.3. The van der Waals surface area contributed by atoms with Crippen molar-refractivity contribution in [3.63, 3.8) is 0 Å². The number of likely N-dealkylation sites (tertiary alicyclic amines) is 1. The smallest absolute Gasteiger partial charge is 0.326 e. The number of hydrogen-bond donors (Lipinski definition) is 1. The van der Waals surface area contributed by atoms with E-state index in [1.807, 2.05) is 23.1 Å². The second-order valence-electron chi connectivity index (χ2n) is 13.6. The highest BCUT2D eigenvalue weighted by Gasteiger charge is 2.44. The highest BCUT2D eigenvalue weighted by molar-refractivity contribution is 6.05. The first-order valence-corrected chi connectivity index (χ1v) is 16.6. The van der Waals surface area contributed by atoms with Crippen molar-refractivity contribution in [2.45, 2.75) is 75.4 Å². The third-order valence-corrected chi connectivity index (χ3v) is 11.4. The lowest BCUT2D eigenvalue weighted by atomic mass is 9.70. The van der Waals surface area contributed by atoms with Crippen LogP contribution in [-0.4, -0.2) is 66.5 Å². The summed E-state index contributed by atoms with van der Waals surface area (Å²) in [4.78, 5) is 38.7. The number of benzene rings is 3. The van der Waals surface area contributed by atoms with Gasteiger partial charge in [0.15, 0.2) is 0 Å². The van der Waals surface area contributed by atoms with Crippen LogP contribution in [0.2, 0.25) is 0 Å². The number of piperidine rings is 2. The summed E-state index contributed by atoms with van der Waals surface area (Å²) in [5.41, 5.74) is 5.59. The fraction of sp³-hybridized carbons (Fsp3) is 0.432. The Bertz CT molecular complexity index is 1910. The van der Waals surface area contributed by atoms with Crippen LogP contribution in [0.25, 0.3) is 22.1 Å². The van der Waals surface area contributed by atoms with Crippen molar-refractivity contribution in [3.05, 3.63) is 100 Å². The minimum atomic E-state index is -0.196. The van der Waals surface area contributed by atoms with Crippen molar-refractivity contribution in [3.8, 4) is 0 Å². The van der Waals surface area contributed by atoms with Crippen LogP contribution in [0.5, 0.6) is 0 Å². The molecule has 2 aromatic heterocycles. The zero-order chi connectivity index (χ0) is 30.7. The summed E-state index contributed by atoms with van der Waals surface area (Å²) < 4.78 is 4.08. The van der Waals surface area contributed by atoms with Gasteiger partial charge in [-0.05, 0) is 93.7 Å². The fourth-order valence-corrected chi connectivity index (χ4v) is 9.00. The van der Waals surface area contributed by atoms with E-state index in [2.05, 4.69) is 76.0 Å². The number of nitrogens with one attached hydrogen (secondary N) is 1. The highest BCUT2D eigenvalue weighted by atomic mass is 16.2. The van der Waals surface area contributed by atoms with Gasteiger partial charge in [-0.1, -0.05) is 48.5 Å². The molecule has 2 bridgehead atoms. The Morgan fingerprint density at radius 2 is 1.58 bits per heavy atom. The van der Waals surface area contributed by atoms with Crippen LogP contribution in [0, 0.1) is 6.92 Å². The number of fused-ring (bicyclic) bond motifs is 4. The number of para-hydroxylation sites is 3. The lowest BCUT2D eigenvalue weighted by molar-refractivity contribution is 0.0608. The Balaban J connectivity index is 0.995. The maximum Gasteiger partial charge on any atom is 0.326 e. The summed E-state index contributed by atoms with van der Waals surface area (Å²) in [6.07, 6.45) is 7.91. The third-order valence-electron chi connectivity index (χ3n) is 11.4. The summed E-state index contributed by atoms with van der Waals surface area (Å²) >= 11 is 0. The van der Waals surface area contributed by atoms with Gasteiger partial charge in [0.05, 0.1) is 27.6 Å². The first-order chi connectivity index (χ1) is 21.9. The van der Waals surface area contributed by atoms with E-state index >= 15 is 0 Å². The van der Waals surface area contributed by atoms with Crippen molar-refractivity contribution in [1.29, 1.82) is 0 Å². The van der Waals surface area contributed by atoms with Gasteiger partial charge in [0.1, 0.15) is 5.82 Å². The van der Waals surface area contributed by atoms with E-state index in [-0.39, 0.29) is 17.0 Å². The van der Waals surface area contributed by atoms with Gasteiger partial charge < -0.3 is 14.5 Å². The zero-order valence-corrected chi connectivity index (χ0v) is 26.3. The monoisotopic (exact) mass is 602 g/mol. The van der Waals surface area contributed by atoms with Gasteiger partial charge in [0.2, 0.25) is 0 Å². The van der Waals surface area contributed by atoms with Crippen LogP contribution in [0.1, 0.15) is 72.7 Å².